The Morgan fingerprint density at radius 1 is 1.56 bits per heavy atom. The molecule has 0 aromatic carbocycles. The molecule has 18 heavy (non-hydrogen) atoms. The van der Waals surface area contributed by atoms with Crippen molar-refractivity contribution in [2.45, 2.75) is 11.4 Å². The van der Waals surface area contributed by atoms with Crippen LogP contribution in [0.5, 0.6) is 0 Å². The highest BCUT2D eigenvalue weighted by Crippen LogP contribution is 2.31. The Morgan fingerprint density at radius 2 is 2.28 bits per heavy atom. The van der Waals surface area contributed by atoms with E-state index in [4.69, 9.17) is 5.73 Å². The summed E-state index contributed by atoms with van der Waals surface area (Å²) in [5, 5.41) is 7.50. The van der Waals surface area contributed by atoms with Crippen molar-refractivity contribution in [3.8, 4) is 0 Å². The molecule has 9 heteroatoms. The largest absolute Gasteiger partial charge is 0.382 e. The number of nitrogens with zero attached hydrogens (tertiary/aromatic N) is 3. The van der Waals surface area contributed by atoms with E-state index in [0.29, 0.717) is 11.5 Å². The Morgan fingerprint density at radius 3 is 2.83 bits per heavy atom. The fraction of sp³-hybridized carbons (Fsp3) is 0.333. The van der Waals surface area contributed by atoms with E-state index in [0.717, 1.165) is 23.5 Å². The number of anilines is 2. The van der Waals surface area contributed by atoms with E-state index in [-0.39, 0.29) is 10.7 Å². The van der Waals surface area contributed by atoms with Gasteiger partial charge < -0.3 is 11.1 Å². The topological polar surface area (TPSA) is 103 Å². The quantitative estimate of drug-likeness (QED) is 0.847. The van der Waals surface area contributed by atoms with E-state index in [9.17, 15) is 8.42 Å². The summed E-state index contributed by atoms with van der Waals surface area (Å²) in [6, 6.07) is 1.84. The van der Waals surface area contributed by atoms with E-state index in [1.807, 2.05) is 13.1 Å². The highest BCUT2D eigenvalue weighted by molar-refractivity contribution is 7.91. The van der Waals surface area contributed by atoms with Crippen LogP contribution in [0.25, 0.3) is 0 Å². The average molecular weight is 287 g/mol. The SMILES string of the molecule is Cn1nccc1CNc1snc(N)c1S(C)(=O)=O. The molecule has 0 aliphatic carbocycles. The zero-order valence-electron chi connectivity index (χ0n) is 9.91. The van der Waals surface area contributed by atoms with E-state index < -0.39 is 9.84 Å². The molecule has 98 valence electrons. The molecule has 0 amide bonds. The molecular weight excluding hydrogens is 274 g/mol. The van der Waals surface area contributed by atoms with Crippen LogP contribution in [-0.2, 0) is 23.4 Å². The van der Waals surface area contributed by atoms with Crippen molar-refractivity contribution < 1.29 is 8.42 Å². The summed E-state index contributed by atoms with van der Waals surface area (Å²) in [5.74, 6) is 0.0370. The first-order valence-corrected chi connectivity index (χ1v) is 7.72. The van der Waals surface area contributed by atoms with Crippen LogP contribution >= 0.6 is 11.5 Å². The van der Waals surface area contributed by atoms with Gasteiger partial charge in [-0.1, -0.05) is 0 Å². The fourth-order valence-electron chi connectivity index (χ4n) is 1.51. The van der Waals surface area contributed by atoms with Crippen molar-refractivity contribution >= 4 is 32.2 Å². The number of rotatable bonds is 4. The van der Waals surface area contributed by atoms with Crippen LogP contribution in [-0.4, -0.2) is 28.8 Å². The Bertz CT molecular complexity index is 658. The van der Waals surface area contributed by atoms with Gasteiger partial charge in [-0.05, 0) is 17.6 Å². The summed E-state index contributed by atoms with van der Waals surface area (Å²) in [4.78, 5) is 0.0645. The summed E-state index contributed by atoms with van der Waals surface area (Å²) in [7, 11) is -1.57. The van der Waals surface area contributed by atoms with Gasteiger partial charge in [-0.15, -0.1) is 0 Å². The van der Waals surface area contributed by atoms with Crippen LogP contribution in [0.3, 0.4) is 0 Å². The molecule has 0 radical (unpaired) electrons. The van der Waals surface area contributed by atoms with Gasteiger partial charge in [0.25, 0.3) is 0 Å². The van der Waals surface area contributed by atoms with Crippen LogP contribution in [0.15, 0.2) is 17.2 Å². The zero-order chi connectivity index (χ0) is 13.3. The molecule has 0 saturated carbocycles. The summed E-state index contributed by atoms with van der Waals surface area (Å²) in [5.41, 5.74) is 6.50. The van der Waals surface area contributed by atoms with Crippen molar-refractivity contribution in [1.82, 2.24) is 14.2 Å². The highest BCUT2D eigenvalue weighted by Gasteiger charge is 2.21. The van der Waals surface area contributed by atoms with E-state index in [1.165, 1.54) is 0 Å². The van der Waals surface area contributed by atoms with E-state index in [1.54, 1.807) is 10.9 Å². The number of sulfone groups is 1. The van der Waals surface area contributed by atoms with Crippen molar-refractivity contribution in [2.24, 2.45) is 7.05 Å². The minimum Gasteiger partial charge on any atom is -0.382 e. The lowest BCUT2D eigenvalue weighted by atomic mass is 10.4. The van der Waals surface area contributed by atoms with Gasteiger partial charge in [0.1, 0.15) is 9.90 Å². The van der Waals surface area contributed by atoms with Crippen molar-refractivity contribution in [1.29, 1.82) is 0 Å². The lowest BCUT2D eigenvalue weighted by molar-refractivity contribution is 0.602. The summed E-state index contributed by atoms with van der Waals surface area (Å²) >= 11 is 1.04. The third-order valence-corrected chi connectivity index (χ3v) is 4.50. The van der Waals surface area contributed by atoms with Crippen molar-refractivity contribution in [3.63, 3.8) is 0 Å². The molecule has 0 fully saturated rings. The number of nitrogens with one attached hydrogen (secondary N) is 1. The third-order valence-electron chi connectivity index (χ3n) is 2.40. The predicted octanol–water partition coefficient (Wildman–Crippen LogP) is 0.474. The molecule has 0 spiro atoms. The molecule has 7 nitrogen and oxygen atoms in total. The van der Waals surface area contributed by atoms with Gasteiger partial charge >= 0.3 is 0 Å². The van der Waals surface area contributed by atoms with Crippen LogP contribution in [0.1, 0.15) is 5.69 Å². The summed E-state index contributed by atoms with van der Waals surface area (Å²) in [6.45, 7) is 0.459. The standard InChI is InChI=1S/C9H13N5O2S2/c1-14-6(3-4-12-14)5-11-9-7(18(2,15)16)8(10)13-17-9/h3-4,11H,5H2,1-2H3,(H2,10,13). The minimum absolute atomic E-state index is 0.0370. The molecule has 0 unspecified atom stereocenters. The molecule has 0 saturated heterocycles. The smallest absolute Gasteiger partial charge is 0.182 e. The van der Waals surface area contributed by atoms with Crippen LogP contribution in [0.2, 0.25) is 0 Å². The Hall–Kier alpha value is -1.61. The van der Waals surface area contributed by atoms with Gasteiger partial charge in [0.2, 0.25) is 0 Å². The molecule has 0 aliphatic heterocycles. The second-order valence-corrected chi connectivity index (χ2v) is 6.52. The second kappa shape index (κ2) is 4.58. The van der Waals surface area contributed by atoms with Crippen LogP contribution in [0, 0.1) is 0 Å². The fourth-order valence-corrected chi connectivity index (χ4v) is 3.57. The average Bonchev–Trinajstić information content (AvgIpc) is 2.81. The maximum atomic E-state index is 11.6. The van der Waals surface area contributed by atoms with Gasteiger partial charge in [-0.25, -0.2) is 8.42 Å². The van der Waals surface area contributed by atoms with Crippen LogP contribution in [0.4, 0.5) is 10.8 Å². The monoisotopic (exact) mass is 287 g/mol. The molecule has 0 aliphatic rings. The van der Waals surface area contributed by atoms with Gasteiger partial charge in [0, 0.05) is 19.5 Å². The Labute approximate surface area is 109 Å². The molecular formula is C9H13N5O2S2. The molecule has 3 N–H and O–H groups in total. The van der Waals surface area contributed by atoms with E-state index in [2.05, 4.69) is 14.8 Å². The minimum atomic E-state index is -3.38. The number of nitrogens with two attached hydrogens (primary N) is 1. The molecule has 2 aromatic rings. The van der Waals surface area contributed by atoms with E-state index >= 15 is 0 Å². The van der Waals surface area contributed by atoms with Crippen molar-refractivity contribution in [2.75, 3.05) is 17.3 Å². The summed E-state index contributed by atoms with van der Waals surface area (Å²) < 4.78 is 28.8. The number of aryl methyl sites for hydroxylation is 1. The molecule has 0 atom stereocenters. The first-order valence-electron chi connectivity index (χ1n) is 5.05. The van der Waals surface area contributed by atoms with Gasteiger partial charge in [0.15, 0.2) is 15.7 Å². The maximum Gasteiger partial charge on any atom is 0.182 e. The Kier molecular flexibility index (Phi) is 3.26. The molecule has 2 heterocycles. The summed E-state index contributed by atoms with van der Waals surface area (Å²) in [6.07, 6.45) is 2.79. The maximum absolute atomic E-state index is 11.6. The predicted molar refractivity (Wildman–Crippen MR) is 70.2 cm³/mol. The second-order valence-electron chi connectivity index (χ2n) is 3.80. The first-order chi connectivity index (χ1) is 8.39. The first kappa shape index (κ1) is 12.8. The number of aromatic nitrogens is 3. The lowest BCUT2D eigenvalue weighted by Gasteiger charge is -2.06. The normalized spacial score (nSPS) is 11.7. The number of hydrogen-bond acceptors (Lipinski definition) is 7. The number of nitrogen functional groups attached to an aromatic ring is 1. The zero-order valence-corrected chi connectivity index (χ0v) is 11.5. The number of hydrogen-bond donors (Lipinski definition) is 2. The van der Waals surface area contributed by atoms with Gasteiger partial charge in [-0.3, -0.25) is 4.68 Å². The van der Waals surface area contributed by atoms with Gasteiger partial charge in [0.05, 0.1) is 12.2 Å². The highest BCUT2D eigenvalue weighted by atomic mass is 32.2. The van der Waals surface area contributed by atoms with Gasteiger partial charge in [-0.2, -0.15) is 9.47 Å². The van der Waals surface area contributed by atoms with Crippen molar-refractivity contribution in [3.05, 3.63) is 18.0 Å². The lowest BCUT2D eigenvalue weighted by Crippen LogP contribution is -2.08. The third kappa shape index (κ3) is 2.46. The Balaban J connectivity index is 2.24. The molecule has 2 rings (SSSR count). The molecule has 2 aromatic heterocycles. The van der Waals surface area contributed by atoms with Crippen LogP contribution < -0.4 is 11.1 Å². The molecule has 0 bridgehead atoms.